The molecule has 2 aliphatic heterocycles. The molecule has 3 aromatic carbocycles. The van der Waals surface area contributed by atoms with Crippen LogP contribution in [-0.4, -0.2) is 17.6 Å². The van der Waals surface area contributed by atoms with Gasteiger partial charge in [-0.2, -0.15) is 0 Å². The third-order valence-electron chi connectivity index (χ3n) is 6.61. The van der Waals surface area contributed by atoms with Crippen LogP contribution in [0, 0.1) is 6.92 Å². The summed E-state index contributed by atoms with van der Waals surface area (Å²) in [6, 6.07) is 18.6. The van der Waals surface area contributed by atoms with E-state index in [-0.39, 0.29) is 23.9 Å². The molecule has 34 heavy (non-hydrogen) atoms. The van der Waals surface area contributed by atoms with E-state index >= 15 is 0 Å². The number of hydrogen-bond acceptors (Lipinski definition) is 5. The van der Waals surface area contributed by atoms with Crippen LogP contribution in [0.2, 0.25) is 0 Å². The van der Waals surface area contributed by atoms with E-state index in [9.17, 15) is 9.59 Å². The highest BCUT2D eigenvalue weighted by molar-refractivity contribution is 5.99. The second-order valence-electron chi connectivity index (χ2n) is 8.79. The van der Waals surface area contributed by atoms with Crippen LogP contribution in [0.5, 0.6) is 11.5 Å². The van der Waals surface area contributed by atoms with Gasteiger partial charge in [0.25, 0.3) is 5.91 Å². The molecule has 1 unspecified atom stereocenters. The van der Waals surface area contributed by atoms with Crippen LogP contribution in [-0.2, 0) is 13.0 Å². The molecule has 0 saturated heterocycles. The molecule has 0 saturated carbocycles. The predicted octanol–water partition coefficient (Wildman–Crippen LogP) is 5.14. The first-order valence-corrected chi connectivity index (χ1v) is 11.4. The zero-order chi connectivity index (χ0) is 23.4. The van der Waals surface area contributed by atoms with Crippen molar-refractivity contribution in [1.82, 2.24) is 4.90 Å². The van der Waals surface area contributed by atoms with E-state index in [0.29, 0.717) is 34.6 Å². The van der Waals surface area contributed by atoms with Gasteiger partial charge in [-0.3, -0.25) is 9.59 Å². The third kappa shape index (κ3) is 3.17. The Kier molecular flexibility index (Phi) is 4.69. The fourth-order valence-electron chi connectivity index (χ4n) is 4.82. The summed E-state index contributed by atoms with van der Waals surface area (Å²) in [7, 11) is 0. The minimum atomic E-state index is -0.542. The van der Waals surface area contributed by atoms with Crippen LogP contribution in [0.4, 0.5) is 0 Å². The Morgan fingerprint density at radius 3 is 2.47 bits per heavy atom. The van der Waals surface area contributed by atoms with Gasteiger partial charge >= 0.3 is 0 Å². The molecule has 0 radical (unpaired) electrons. The maximum atomic E-state index is 13.7. The van der Waals surface area contributed by atoms with Crippen molar-refractivity contribution in [2.45, 2.75) is 32.9 Å². The SMILES string of the molecule is CCc1ccc(C2c3c(oc4ccc(C)cc4c3=O)C(=O)N2Cc2ccc3c(c2)OCO3)cc1. The second-order valence-corrected chi connectivity index (χ2v) is 8.79. The van der Waals surface area contributed by atoms with Crippen molar-refractivity contribution < 1.29 is 18.7 Å². The molecule has 6 nitrogen and oxygen atoms in total. The van der Waals surface area contributed by atoms with Gasteiger partial charge < -0.3 is 18.8 Å². The Balaban J connectivity index is 1.51. The van der Waals surface area contributed by atoms with Crippen LogP contribution in [0.15, 0.2) is 69.9 Å². The summed E-state index contributed by atoms with van der Waals surface area (Å²) in [5, 5.41) is 0.492. The Morgan fingerprint density at radius 1 is 0.912 bits per heavy atom. The number of fused-ring (bicyclic) bond motifs is 3. The zero-order valence-corrected chi connectivity index (χ0v) is 19.0. The average molecular weight is 453 g/mol. The summed E-state index contributed by atoms with van der Waals surface area (Å²) < 4.78 is 17.0. The lowest BCUT2D eigenvalue weighted by atomic mass is 9.96. The summed E-state index contributed by atoms with van der Waals surface area (Å²) in [4.78, 5) is 29.1. The molecule has 4 aromatic rings. The first-order valence-electron chi connectivity index (χ1n) is 11.4. The number of amides is 1. The van der Waals surface area contributed by atoms with Gasteiger partial charge in [0.1, 0.15) is 5.58 Å². The van der Waals surface area contributed by atoms with E-state index < -0.39 is 6.04 Å². The molecular weight excluding hydrogens is 430 g/mol. The minimum absolute atomic E-state index is 0.117. The van der Waals surface area contributed by atoms with E-state index in [1.807, 2.05) is 61.5 Å². The van der Waals surface area contributed by atoms with Crippen molar-refractivity contribution in [2.24, 2.45) is 0 Å². The highest BCUT2D eigenvalue weighted by Gasteiger charge is 2.42. The quantitative estimate of drug-likeness (QED) is 0.428. The second kappa shape index (κ2) is 7.76. The average Bonchev–Trinajstić information content (AvgIpc) is 3.43. The fraction of sp³-hybridized carbons (Fsp3) is 0.214. The van der Waals surface area contributed by atoms with E-state index in [1.54, 1.807) is 11.0 Å². The van der Waals surface area contributed by atoms with Gasteiger partial charge in [-0.25, -0.2) is 0 Å². The van der Waals surface area contributed by atoms with Crippen molar-refractivity contribution in [3.8, 4) is 11.5 Å². The van der Waals surface area contributed by atoms with Crippen LogP contribution in [0.1, 0.15) is 51.3 Å². The smallest absolute Gasteiger partial charge is 0.291 e. The Bertz CT molecular complexity index is 1500. The Hall–Kier alpha value is -4.06. The molecule has 6 rings (SSSR count). The van der Waals surface area contributed by atoms with Crippen LogP contribution < -0.4 is 14.9 Å². The molecule has 1 amide bonds. The molecule has 0 N–H and O–H groups in total. The summed E-state index contributed by atoms with van der Waals surface area (Å²) in [5.41, 5.74) is 4.58. The number of rotatable bonds is 4. The minimum Gasteiger partial charge on any atom is -0.454 e. The molecule has 0 bridgehead atoms. The van der Waals surface area contributed by atoms with Gasteiger partial charge in [0.05, 0.1) is 17.0 Å². The number of benzene rings is 3. The first-order chi connectivity index (χ1) is 16.5. The molecule has 0 aliphatic carbocycles. The van der Waals surface area contributed by atoms with Gasteiger partial charge in [-0.05, 0) is 54.3 Å². The van der Waals surface area contributed by atoms with Gasteiger partial charge in [0, 0.05) is 6.54 Å². The molecule has 6 heteroatoms. The summed E-state index contributed by atoms with van der Waals surface area (Å²) in [6.45, 7) is 4.51. The molecule has 2 aliphatic rings. The van der Waals surface area contributed by atoms with Crippen molar-refractivity contribution in [3.63, 3.8) is 0 Å². The zero-order valence-electron chi connectivity index (χ0n) is 19.0. The fourth-order valence-corrected chi connectivity index (χ4v) is 4.82. The third-order valence-corrected chi connectivity index (χ3v) is 6.61. The van der Waals surface area contributed by atoms with Gasteiger partial charge in [0.15, 0.2) is 16.9 Å². The topological polar surface area (TPSA) is 69.0 Å². The normalized spacial score (nSPS) is 16.4. The highest BCUT2D eigenvalue weighted by atomic mass is 16.7. The number of carbonyl (C=O) groups is 1. The molecule has 3 heterocycles. The Labute approximate surface area is 196 Å². The predicted molar refractivity (Wildman–Crippen MR) is 127 cm³/mol. The number of nitrogens with zero attached hydrogens (tertiary/aromatic N) is 1. The Morgan fingerprint density at radius 2 is 1.68 bits per heavy atom. The van der Waals surface area contributed by atoms with Crippen LogP contribution in [0.3, 0.4) is 0 Å². The summed E-state index contributed by atoms with van der Waals surface area (Å²) >= 11 is 0. The number of ether oxygens (including phenoxy) is 2. The molecule has 1 atom stereocenters. The van der Waals surface area contributed by atoms with Crippen molar-refractivity contribution in [1.29, 1.82) is 0 Å². The maximum Gasteiger partial charge on any atom is 0.291 e. The van der Waals surface area contributed by atoms with E-state index in [4.69, 9.17) is 13.9 Å². The lowest BCUT2D eigenvalue weighted by Crippen LogP contribution is -2.29. The largest absolute Gasteiger partial charge is 0.454 e. The van der Waals surface area contributed by atoms with Crippen molar-refractivity contribution in [2.75, 3.05) is 6.79 Å². The lowest BCUT2D eigenvalue weighted by Gasteiger charge is -2.25. The van der Waals surface area contributed by atoms with Gasteiger partial charge in [0.2, 0.25) is 12.6 Å². The van der Waals surface area contributed by atoms with E-state index in [2.05, 4.69) is 6.92 Å². The summed E-state index contributed by atoms with van der Waals surface area (Å²) in [5.74, 6) is 1.16. The van der Waals surface area contributed by atoms with Crippen molar-refractivity contribution in [3.05, 3.63) is 104 Å². The highest BCUT2D eigenvalue weighted by Crippen LogP contribution is 2.40. The maximum absolute atomic E-state index is 13.7. The number of aryl methyl sites for hydroxylation is 2. The number of carbonyl (C=O) groups excluding carboxylic acids is 1. The van der Waals surface area contributed by atoms with Gasteiger partial charge in [-0.1, -0.05) is 48.9 Å². The molecule has 0 spiro atoms. The lowest BCUT2D eigenvalue weighted by molar-refractivity contribution is 0.0714. The van der Waals surface area contributed by atoms with Crippen molar-refractivity contribution >= 4 is 16.9 Å². The number of hydrogen-bond donors (Lipinski definition) is 0. The molecule has 170 valence electrons. The summed E-state index contributed by atoms with van der Waals surface area (Å²) in [6.07, 6.45) is 0.910. The first kappa shape index (κ1) is 20.5. The monoisotopic (exact) mass is 453 g/mol. The standard InChI is InChI=1S/C28H23NO5/c1-3-17-5-8-19(9-6-17)25-24-26(30)20-12-16(2)4-10-21(20)34-27(24)28(31)29(25)14-18-7-11-22-23(13-18)33-15-32-22/h4-13,25H,3,14-15H2,1-2H3. The van der Waals surface area contributed by atoms with Gasteiger partial charge in [-0.15, -0.1) is 0 Å². The molecule has 1 aromatic heterocycles. The van der Waals surface area contributed by atoms with Crippen LogP contribution >= 0.6 is 0 Å². The van der Waals surface area contributed by atoms with Crippen LogP contribution in [0.25, 0.3) is 11.0 Å². The molecule has 0 fully saturated rings. The van der Waals surface area contributed by atoms with E-state index in [0.717, 1.165) is 23.1 Å². The van der Waals surface area contributed by atoms with E-state index in [1.165, 1.54) is 5.56 Å². The molecular formula is C28H23NO5.